The largest absolute Gasteiger partial charge is 0.534 e. The first-order valence-corrected chi connectivity index (χ1v) is 15.8. The summed E-state index contributed by atoms with van der Waals surface area (Å²) in [6.07, 6.45) is 14.1. The lowest BCUT2D eigenvalue weighted by molar-refractivity contribution is -0.181. The lowest BCUT2D eigenvalue weighted by atomic mass is 9.44. The van der Waals surface area contributed by atoms with E-state index >= 15 is 0 Å². The SMILES string of the molecule is CC(C)CCC[C@@H](C)C1CC[C@H]2[C@@H]3CCC4C[C@@H](OC(=O)ON5C(=O)CCC5=O)CC[C@]4(C)[C@H]3CC[C@]12C. The van der Waals surface area contributed by atoms with Gasteiger partial charge in [-0.25, -0.2) is 4.79 Å². The number of nitrogens with zero attached hydrogens (tertiary/aromatic N) is 1. The second kappa shape index (κ2) is 10.8. The summed E-state index contributed by atoms with van der Waals surface area (Å²) in [6.45, 7) is 12.4. The molecule has 0 aromatic carbocycles. The molecule has 0 aromatic heterocycles. The Labute approximate surface area is 229 Å². The summed E-state index contributed by atoms with van der Waals surface area (Å²) in [4.78, 5) is 40.9. The van der Waals surface area contributed by atoms with Crippen molar-refractivity contribution in [3.05, 3.63) is 0 Å². The van der Waals surface area contributed by atoms with Gasteiger partial charge >= 0.3 is 6.16 Å². The lowest BCUT2D eigenvalue weighted by Crippen LogP contribution is -2.54. The lowest BCUT2D eigenvalue weighted by Gasteiger charge is -2.61. The number of amides is 2. The zero-order chi connectivity index (χ0) is 27.2. The maximum Gasteiger partial charge on any atom is 0.534 e. The molecule has 5 aliphatic rings. The van der Waals surface area contributed by atoms with Crippen LogP contribution in [-0.2, 0) is 19.2 Å². The average molecular weight is 530 g/mol. The molecule has 38 heavy (non-hydrogen) atoms. The summed E-state index contributed by atoms with van der Waals surface area (Å²) in [5.74, 6) is 4.65. The smallest absolute Gasteiger partial charge is 0.429 e. The number of hydroxylamine groups is 2. The van der Waals surface area contributed by atoms with Crippen LogP contribution in [0.3, 0.4) is 0 Å². The predicted molar refractivity (Wildman–Crippen MR) is 146 cm³/mol. The summed E-state index contributed by atoms with van der Waals surface area (Å²) in [6, 6.07) is 0. The molecule has 1 heterocycles. The van der Waals surface area contributed by atoms with Gasteiger partial charge in [-0.1, -0.05) is 58.9 Å². The highest BCUT2D eigenvalue weighted by molar-refractivity contribution is 6.01. The van der Waals surface area contributed by atoms with E-state index in [4.69, 9.17) is 9.57 Å². The van der Waals surface area contributed by atoms with Crippen LogP contribution in [0, 0.1) is 52.3 Å². The minimum Gasteiger partial charge on any atom is -0.429 e. The third-order valence-corrected chi connectivity index (χ3v) is 12.3. The Hall–Kier alpha value is -1.59. The summed E-state index contributed by atoms with van der Waals surface area (Å²) in [5, 5.41) is 0.583. The summed E-state index contributed by atoms with van der Waals surface area (Å²) >= 11 is 0. The van der Waals surface area contributed by atoms with Crippen LogP contribution in [-0.4, -0.2) is 29.1 Å². The number of fused-ring (bicyclic) bond motifs is 5. The topological polar surface area (TPSA) is 72.9 Å². The number of rotatable bonds is 7. The van der Waals surface area contributed by atoms with Crippen LogP contribution in [0.25, 0.3) is 0 Å². The fraction of sp³-hybridized carbons (Fsp3) is 0.906. The highest BCUT2D eigenvalue weighted by atomic mass is 16.8. The Kier molecular flexibility index (Phi) is 7.92. The normalized spacial score (nSPS) is 41.5. The van der Waals surface area contributed by atoms with Crippen LogP contribution in [0.1, 0.15) is 125 Å². The molecule has 2 amide bonds. The zero-order valence-electron chi connectivity index (χ0n) is 24.5. The highest BCUT2D eigenvalue weighted by Gasteiger charge is 2.60. The molecule has 0 N–H and O–H groups in total. The molecule has 5 rings (SSSR count). The van der Waals surface area contributed by atoms with Crippen LogP contribution in [0.5, 0.6) is 0 Å². The van der Waals surface area contributed by atoms with E-state index in [1.807, 2.05) is 0 Å². The van der Waals surface area contributed by atoms with Gasteiger partial charge in [0.15, 0.2) is 0 Å². The van der Waals surface area contributed by atoms with Gasteiger partial charge in [0.25, 0.3) is 11.8 Å². The Balaban J connectivity index is 1.18. The Morgan fingerprint density at radius 3 is 2.29 bits per heavy atom. The molecule has 5 fully saturated rings. The molecule has 6 nitrogen and oxygen atoms in total. The van der Waals surface area contributed by atoms with Crippen molar-refractivity contribution in [2.75, 3.05) is 0 Å². The molecule has 1 saturated heterocycles. The van der Waals surface area contributed by atoms with Gasteiger partial charge in [0, 0.05) is 12.8 Å². The molecule has 0 spiro atoms. The van der Waals surface area contributed by atoms with Crippen molar-refractivity contribution in [2.24, 2.45) is 52.3 Å². The summed E-state index contributed by atoms with van der Waals surface area (Å²) in [5.41, 5.74) is 0.825. The molecule has 214 valence electrons. The van der Waals surface area contributed by atoms with Gasteiger partial charge in [-0.15, -0.1) is 0 Å². The number of hydrogen-bond acceptors (Lipinski definition) is 5. The molecule has 6 heteroatoms. The van der Waals surface area contributed by atoms with Crippen LogP contribution >= 0.6 is 0 Å². The van der Waals surface area contributed by atoms with Gasteiger partial charge in [-0.2, -0.15) is 0 Å². The molecular formula is C32H51NO5. The third-order valence-electron chi connectivity index (χ3n) is 12.3. The maximum absolute atomic E-state index is 12.4. The Morgan fingerprint density at radius 1 is 0.895 bits per heavy atom. The highest BCUT2D eigenvalue weighted by Crippen LogP contribution is 2.68. The predicted octanol–water partition coefficient (Wildman–Crippen LogP) is 7.69. The fourth-order valence-electron chi connectivity index (χ4n) is 10.2. The molecule has 0 aromatic rings. The van der Waals surface area contributed by atoms with E-state index in [1.54, 1.807) is 0 Å². The summed E-state index contributed by atoms with van der Waals surface area (Å²) in [7, 11) is 0. The standard InChI is InChI=1S/C32H51NO5/c1-20(2)7-6-8-21(3)25-11-12-26-24-10-9-22-19-23(37-30(36)38-33-28(34)13-14-29(33)35)15-17-31(22,4)27(24)16-18-32(25,26)5/h20-27H,6-19H2,1-5H3/t21-,22?,23+,24+,25?,26+,27+,31+,32-/m1/s1. The van der Waals surface area contributed by atoms with Gasteiger partial charge in [0.05, 0.1) is 0 Å². The van der Waals surface area contributed by atoms with E-state index in [9.17, 15) is 14.4 Å². The van der Waals surface area contributed by atoms with Crippen molar-refractivity contribution in [1.82, 2.24) is 5.06 Å². The van der Waals surface area contributed by atoms with Gasteiger partial charge in [0.2, 0.25) is 0 Å². The van der Waals surface area contributed by atoms with E-state index in [1.165, 1.54) is 57.8 Å². The minimum atomic E-state index is -0.913. The fourth-order valence-corrected chi connectivity index (χ4v) is 10.2. The van der Waals surface area contributed by atoms with Gasteiger partial charge < -0.3 is 4.74 Å². The van der Waals surface area contributed by atoms with E-state index in [-0.39, 0.29) is 18.9 Å². The van der Waals surface area contributed by atoms with Crippen LogP contribution < -0.4 is 0 Å². The summed E-state index contributed by atoms with van der Waals surface area (Å²) < 4.78 is 5.65. The van der Waals surface area contributed by atoms with E-state index in [2.05, 4.69) is 34.6 Å². The molecule has 4 aliphatic carbocycles. The molecular weight excluding hydrogens is 478 g/mol. The molecule has 2 unspecified atom stereocenters. The number of ether oxygens (including phenoxy) is 1. The molecule has 1 aliphatic heterocycles. The first-order valence-electron chi connectivity index (χ1n) is 15.8. The number of hydrogen-bond donors (Lipinski definition) is 0. The van der Waals surface area contributed by atoms with Gasteiger partial charge in [0.1, 0.15) is 6.10 Å². The third kappa shape index (κ3) is 5.03. The maximum atomic E-state index is 12.4. The quantitative estimate of drug-likeness (QED) is 0.250. The van der Waals surface area contributed by atoms with E-state index in [0.29, 0.717) is 21.8 Å². The molecule has 9 atom stereocenters. The van der Waals surface area contributed by atoms with Crippen LogP contribution in [0.4, 0.5) is 4.79 Å². The molecule has 0 radical (unpaired) electrons. The van der Waals surface area contributed by atoms with Crippen molar-refractivity contribution in [1.29, 1.82) is 0 Å². The van der Waals surface area contributed by atoms with E-state index < -0.39 is 18.0 Å². The second-order valence-electron chi connectivity index (χ2n) is 14.6. The first-order chi connectivity index (χ1) is 18.0. The van der Waals surface area contributed by atoms with Gasteiger partial charge in [-0.3, -0.25) is 14.4 Å². The monoisotopic (exact) mass is 529 g/mol. The average Bonchev–Trinajstić information content (AvgIpc) is 3.38. The molecule has 0 bridgehead atoms. The Morgan fingerprint density at radius 2 is 1.58 bits per heavy atom. The zero-order valence-corrected chi connectivity index (χ0v) is 24.5. The van der Waals surface area contributed by atoms with Gasteiger partial charge in [-0.05, 0) is 110 Å². The Bertz CT molecular complexity index is 902. The van der Waals surface area contributed by atoms with Crippen LogP contribution in [0.15, 0.2) is 0 Å². The van der Waals surface area contributed by atoms with Crippen molar-refractivity contribution < 1.29 is 24.0 Å². The minimum absolute atomic E-state index is 0.0936. The first kappa shape index (κ1) is 28.0. The van der Waals surface area contributed by atoms with Crippen molar-refractivity contribution >= 4 is 18.0 Å². The number of carbonyl (C=O) groups excluding carboxylic acids is 3. The second-order valence-corrected chi connectivity index (χ2v) is 14.6. The van der Waals surface area contributed by atoms with Crippen LogP contribution in [0.2, 0.25) is 0 Å². The van der Waals surface area contributed by atoms with E-state index in [0.717, 1.165) is 54.8 Å². The van der Waals surface area contributed by atoms with Crippen molar-refractivity contribution in [3.8, 4) is 0 Å². The molecule has 4 saturated carbocycles. The van der Waals surface area contributed by atoms with Crippen molar-refractivity contribution in [3.63, 3.8) is 0 Å². The number of carbonyl (C=O) groups is 3. The van der Waals surface area contributed by atoms with Crippen molar-refractivity contribution in [2.45, 2.75) is 131 Å². The number of imide groups is 1.